The molecule has 1 aromatic rings. The van der Waals surface area contributed by atoms with Gasteiger partial charge in [0.15, 0.2) is 0 Å². The van der Waals surface area contributed by atoms with Crippen molar-refractivity contribution < 1.29 is 0 Å². The van der Waals surface area contributed by atoms with Gasteiger partial charge in [-0.2, -0.15) is 24.4 Å². The van der Waals surface area contributed by atoms with Crippen molar-refractivity contribution in [3.05, 3.63) is 35.4 Å². The van der Waals surface area contributed by atoms with Gasteiger partial charge in [0.25, 0.3) is 0 Å². The lowest BCUT2D eigenvalue weighted by atomic mass is 10.1. The predicted octanol–water partition coefficient (Wildman–Crippen LogP) is 4.57. The second-order valence-corrected chi connectivity index (χ2v) is 5.74. The van der Waals surface area contributed by atoms with Crippen LogP contribution in [0.5, 0.6) is 0 Å². The number of thiol groups is 1. The van der Waals surface area contributed by atoms with E-state index in [0.29, 0.717) is 0 Å². The summed E-state index contributed by atoms with van der Waals surface area (Å²) in [5.41, 5.74) is 2.80. The van der Waals surface area contributed by atoms with E-state index in [1.807, 2.05) is 11.8 Å². The standard InChI is InChI=1S/C14H22S2/c1-3-5-14(9-15)11-16-10-13-7-4-6-12(2)8-13/h4,6-8,14-15H,3,5,9-11H2,1-2H3. The first-order chi connectivity index (χ1) is 7.76. The van der Waals surface area contributed by atoms with Crippen molar-refractivity contribution in [1.29, 1.82) is 0 Å². The fourth-order valence-corrected chi connectivity index (χ4v) is 3.42. The molecule has 0 N–H and O–H groups in total. The molecule has 0 saturated carbocycles. The number of thioether (sulfide) groups is 1. The van der Waals surface area contributed by atoms with E-state index >= 15 is 0 Å². The van der Waals surface area contributed by atoms with E-state index in [9.17, 15) is 0 Å². The van der Waals surface area contributed by atoms with E-state index < -0.39 is 0 Å². The van der Waals surface area contributed by atoms with Gasteiger partial charge in [0.05, 0.1) is 0 Å². The van der Waals surface area contributed by atoms with Gasteiger partial charge in [0.1, 0.15) is 0 Å². The van der Waals surface area contributed by atoms with Gasteiger partial charge in [0.2, 0.25) is 0 Å². The molecule has 0 aromatic heterocycles. The third-order valence-corrected chi connectivity index (χ3v) is 4.42. The molecule has 0 saturated heterocycles. The maximum Gasteiger partial charge on any atom is 0.0184 e. The second-order valence-electron chi connectivity index (χ2n) is 4.34. The summed E-state index contributed by atoms with van der Waals surface area (Å²) in [6, 6.07) is 8.80. The van der Waals surface area contributed by atoms with Crippen molar-refractivity contribution >= 4 is 24.4 Å². The van der Waals surface area contributed by atoms with Crippen LogP contribution in [0, 0.1) is 12.8 Å². The van der Waals surface area contributed by atoms with Crippen LogP contribution in [0.2, 0.25) is 0 Å². The summed E-state index contributed by atoms with van der Waals surface area (Å²) < 4.78 is 0. The molecule has 0 radical (unpaired) electrons. The molecular weight excluding hydrogens is 232 g/mol. The first-order valence-corrected chi connectivity index (χ1v) is 7.79. The highest BCUT2D eigenvalue weighted by Crippen LogP contribution is 2.19. The molecule has 1 unspecified atom stereocenters. The number of hydrogen-bond acceptors (Lipinski definition) is 2. The summed E-state index contributed by atoms with van der Waals surface area (Å²) in [5.74, 6) is 4.18. The number of benzene rings is 1. The zero-order chi connectivity index (χ0) is 11.8. The van der Waals surface area contributed by atoms with E-state index in [0.717, 1.165) is 17.4 Å². The topological polar surface area (TPSA) is 0 Å². The second kappa shape index (κ2) is 8.08. The highest BCUT2D eigenvalue weighted by Gasteiger charge is 2.05. The van der Waals surface area contributed by atoms with Gasteiger partial charge in [-0.3, -0.25) is 0 Å². The summed E-state index contributed by atoms with van der Waals surface area (Å²) in [5, 5.41) is 0. The highest BCUT2D eigenvalue weighted by molar-refractivity contribution is 7.98. The smallest absolute Gasteiger partial charge is 0.0184 e. The Morgan fingerprint density at radius 1 is 1.38 bits per heavy atom. The first-order valence-electron chi connectivity index (χ1n) is 6.00. The van der Waals surface area contributed by atoms with Crippen molar-refractivity contribution in [1.82, 2.24) is 0 Å². The molecular formula is C14H22S2. The van der Waals surface area contributed by atoms with Crippen LogP contribution in [0.25, 0.3) is 0 Å². The van der Waals surface area contributed by atoms with Crippen LogP contribution in [0.4, 0.5) is 0 Å². The summed E-state index contributed by atoms with van der Waals surface area (Å²) >= 11 is 6.45. The third-order valence-electron chi connectivity index (χ3n) is 2.66. The Hall–Kier alpha value is -0.0800. The molecule has 2 heteroatoms. The maximum absolute atomic E-state index is 4.41. The van der Waals surface area contributed by atoms with Gasteiger partial charge >= 0.3 is 0 Å². The van der Waals surface area contributed by atoms with E-state index in [1.54, 1.807) is 0 Å². The molecule has 0 fully saturated rings. The van der Waals surface area contributed by atoms with Crippen molar-refractivity contribution in [2.75, 3.05) is 11.5 Å². The fraction of sp³-hybridized carbons (Fsp3) is 0.571. The average molecular weight is 254 g/mol. The van der Waals surface area contributed by atoms with Gasteiger partial charge in [-0.1, -0.05) is 43.2 Å². The molecule has 16 heavy (non-hydrogen) atoms. The Balaban J connectivity index is 2.29. The van der Waals surface area contributed by atoms with E-state index in [1.165, 1.54) is 29.7 Å². The van der Waals surface area contributed by atoms with Crippen molar-refractivity contribution in [2.45, 2.75) is 32.4 Å². The average Bonchev–Trinajstić information content (AvgIpc) is 2.28. The summed E-state index contributed by atoms with van der Waals surface area (Å²) in [4.78, 5) is 0. The zero-order valence-corrected chi connectivity index (χ0v) is 12.0. The van der Waals surface area contributed by atoms with Crippen LogP contribution in [-0.2, 0) is 5.75 Å². The SMILES string of the molecule is CCCC(CS)CSCc1cccc(C)c1. The van der Waals surface area contributed by atoms with Gasteiger partial charge in [-0.05, 0) is 36.3 Å². The molecule has 0 spiro atoms. The van der Waals surface area contributed by atoms with E-state index in [-0.39, 0.29) is 0 Å². The van der Waals surface area contributed by atoms with Gasteiger partial charge in [-0.15, -0.1) is 0 Å². The lowest BCUT2D eigenvalue weighted by Gasteiger charge is -2.12. The van der Waals surface area contributed by atoms with Crippen LogP contribution >= 0.6 is 24.4 Å². The minimum absolute atomic E-state index is 0.781. The van der Waals surface area contributed by atoms with Gasteiger partial charge in [0, 0.05) is 5.75 Å². The summed E-state index contributed by atoms with van der Waals surface area (Å²) in [6.45, 7) is 4.41. The molecule has 1 aromatic carbocycles. The molecule has 90 valence electrons. The molecule has 0 amide bonds. The molecule has 1 atom stereocenters. The lowest BCUT2D eigenvalue weighted by Crippen LogP contribution is -2.05. The Bertz CT molecular complexity index is 297. The van der Waals surface area contributed by atoms with Crippen LogP contribution in [0.3, 0.4) is 0 Å². The number of rotatable bonds is 7. The predicted molar refractivity (Wildman–Crippen MR) is 79.6 cm³/mol. The minimum atomic E-state index is 0.781. The van der Waals surface area contributed by atoms with Crippen LogP contribution < -0.4 is 0 Å². The quantitative estimate of drug-likeness (QED) is 0.695. The fourth-order valence-electron chi connectivity index (χ4n) is 1.78. The Morgan fingerprint density at radius 3 is 2.81 bits per heavy atom. The van der Waals surface area contributed by atoms with E-state index in [4.69, 9.17) is 0 Å². The largest absolute Gasteiger partial charge is 0.179 e. The summed E-state index contributed by atoms with van der Waals surface area (Å²) in [7, 11) is 0. The molecule has 0 aliphatic rings. The van der Waals surface area contributed by atoms with Crippen molar-refractivity contribution in [3.8, 4) is 0 Å². The van der Waals surface area contributed by atoms with Crippen LogP contribution in [0.15, 0.2) is 24.3 Å². The maximum atomic E-state index is 4.41. The Kier molecular flexibility index (Phi) is 7.06. The normalized spacial score (nSPS) is 12.7. The molecule has 0 heterocycles. The summed E-state index contributed by atoms with van der Waals surface area (Å²) in [6.07, 6.45) is 2.58. The molecule has 1 rings (SSSR count). The van der Waals surface area contributed by atoms with Crippen molar-refractivity contribution in [2.24, 2.45) is 5.92 Å². The molecule has 0 aliphatic carbocycles. The molecule has 0 aliphatic heterocycles. The molecule has 0 nitrogen and oxygen atoms in total. The Labute approximate surface area is 110 Å². The number of hydrogen-bond donors (Lipinski definition) is 1. The lowest BCUT2D eigenvalue weighted by molar-refractivity contribution is 0.595. The van der Waals surface area contributed by atoms with Gasteiger partial charge < -0.3 is 0 Å². The Morgan fingerprint density at radius 2 is 2.19 bits per heavy atom. The van der Waals surface area contributed by atoms with Gasteiger partial charge in [-0.25, -0.2) is 0 Å². The van der Waals surface area contributed by atoms with Crippen LogP contribution in [0.1, 0.15) is 30.9 Å². The number of aryl methyl sites for hydroxylation is 1. The molecule has 0 bridgehead atoms. The van der Waals surface area contributed by atoms with Crippen molar-refractivity contribution in [3.63, 3.8) is 0 Å². The third kappa shape index (κ3) is 5.31. The van der Waals surface area contributed by atoms with E-state index in [2.05, 4.69) is 50.7 Å². The zero-order valence-electron chi connectivity index (χ0n) is 10.3. The first kappa shape index (κ1) is 14.0. The minimum Gasteiger partial charge on any atom is -0.179 e. The highest BCUT2D eigenvalue weighted by atomic mass is 32.2. The van der Waals surface area contributed by atoms with Crippen LogP contribution in [-0.4, -0.2) is 11.5 Å². The monoisotopic (exact) mass is 254 g/mol.